The molecular formula is C15H23F2N3O3. The number of alkyl halides is 2. The number of ether oxygens (including phenoxy) is 2. The van der Waals surface area contributed by atoms with Crippen LogP contribution in [0.2, 0.25) is 0 Å². The maximum absolute atomic E-state index is 12.9. The fourth-order valence-electron chi connectivity index (χ4n) is 2.67. The Kier molecular flexibility index (Phi) is 6.06. The van der Waals surface area contributed by atoms with Crippen molar-refractivity contribution in [3.8, 4) is 0 Å². The summed E-state index contributed by atoms with van der Waals surface area (Å²) >= 11 is 0. The van der Waals surface area contributed by atoms with E-state index in [-0.39, 0.29) is 18.3 Å². The monoisotopic (exact) mass is 331 g/mol. The molecule has 8 heteroatoms. The molecule has 0 N–H and O–H groups in total. The molecule has 1 saturated heterocycles. The molecule has 2 heterocycles. The first-order valence-electron chi connectivity index (χ1n) is 7.69. The molecule has 0 aliphatic carbocycles. The largest absolute Gasteiger partial charge is 0.459 e. The Morgan fingerprint density at radius 2 is 2.26 bits per heavy atom. The van der Waals surface area contributed by atoms with Crippen molar-refractivity contribution in [1.29, 1.82) is 0 Å². The lowest BCUT2D eigenvalue weighted by atomic mass is 10.2. The molecule has 1 aliphatic heterocycles. The van der Waals surface area contributed by atoms with Crippen molar-refractivity contribution < 1.29 is 23.0 Å². The number of aryl methyl sites for hydroxylation is 1. The molecule has 1 atom stereocenters. The molecule has 1 aliphatic rings. The molecule has 1 aromatic rings. The van der Waals surface area contributed by atoms with E-state index in [4.69, 9.17) is 9.47 Å². The van der Waals surface area contributed by atoms with E-state index in [2.05, 4.69) is 23.8 Å². The molecule has 130 valence electrons. The van der Waals surface area contributed by atoms with E-state index in [1.165, 1.54) is 7.05 Å². The average Bonchev–Trinajstić information content (AvgIpc) is 2.86. The van der Waals surface area contributed by atoms with Crippen molar-refractivity contribution in [2.24, 2.45) is 13.0 Å². The molecule has 0 saturated carbocycles. The molecular weight excluding hydrogens is 308 g/mol. The van der Waals surface area contributed by atoms with Crippen LogP contribution in [0.25, 0.3) is 0 Å². The number of nitrogens with zero attached hydrogens (tertiary/aromatic N) is 3. The summed E-state index contributed by atoms with van der Waals surface area (Å²) in [6.45, 7) is 7.36. The maximum Gasteiger partial charge on any atom is 0.341 e. The zero-order valence-electron chi connectivity index (χ0n) is 13.7. The van der Waals surface area contributed by atoms with Gasteiger partial charge in [0.15, 0.2) is 0 Å². The van der Waals surface area contributed by atoms with Gasteiger partial charge in [0.25, 0.3) is 6.43 Å². The second-order valence-corrected chi connectivity index (χ2v) is 6.11. The first-order valence-corrected chi connectivity index (χ1v) is 7.69. The average molecular weight is 331 g/mol. The van der Waals surface area contributed by atoms with E-state index in [1.807, 2.05) is 0 Å². The maximum atomic E-state index is 12.9. The number of carbonyl (C=O) groups excluding carboxylic acids is 1. The number of morpholine rings is 1. The second kappa shape index (κ2) is 7.83. The summed E-state index contributed by atoms with van der Waals surface area (Å²) in [6, 6.07) is 0. The standard InChI is InChI=1S/C15H23F2N3O3/c1-10(2)7-20-4-5-22-11(8-20)9-23-15(21)12-6-18-19(3)13(12)14(16)17/h6,10-11,14H,4-5,7-9H2,1-3H3/t11-/m0/s1. The number of halogens is 2. The summed E-state index contributed by atoms with van der Waals surface area (Å²) < 4.78 is 37.6. The highest BCUT2D eigenvalue weighted by Gasteiger charge is 2.26. The van der Waals surface area contributed by atoms with E-state index in [0.29, 0.717) is 19.1 Å². The Morgan fingerprint density at radius 1 is 1.52 bits per heavy atom. The van der Waals surface area contributed by atoms with Crippen LogP contribution in [0, 0.1) is 5.92 Å². The van der Waals surface area contributed by atoms with Crippen LogP contribution in [0.4, 0.5) is 8.78 Å². The Bertz CT molecular complexity index is 534. The van der Waals surface area contributed by atoms with Crippen molar-refractivity contribution in [2.45, 2.75) is 26.4 Å². The minimum atomic E-state index is -2.78. The van der Waals surface area contributed by atoms with Crippen LogP contribution >= 0.6 is 0 Å². The number of carbonyl (C=O) groups is 1. The molecule has 0 unspecified atom stereocenters. The topological polar surface area (TPSA) is 56.6 Å². The lowest BCUT2D eigenvalue weighted by Crippen LogP contribution is -2.45. The lowest BCUT2D eigenvalue weighted by Gasteiger charge is -2.33. The summed E-state index contributed by atoms with van der Waals surface area (Å²) in [4.78, 5) is 14.3. The quantitative estimate of drug-likeness (QED) is 0.745. The van der Waals surface area contributed by atoms with Gasteiger partial charge in [-0.3, -0.25) is 9.58 Å². The highest BCUT2D eigenvalue weighted by atomic mass is 19.3. The molecule has 0 radical (unpaired) electrons. The minimum Gasteiger partial charge on any atom is -0.459 e. The number of hydrogen-bond donors (Lipinski definition) is 0. The zero-order valence-corrected chi connectivity index (χ0v) is 13.7. The van der Waals surface area contributed by atoms with Gasteiger partial charge >= 0.3 is 5.97 Å². The van der Waals surface area contributed by atoms with Gasteiger partial charge in [0, 0.05) is 26.7 Å². The van der Waals surface area contributed by atoms with Crippen molar-refractivity contribution in [1.82, 2.24) is 14.7 Å². The summed E-state index contributed by atoms with van der Waals surface area (Å²) in [5.41, 5.74) is -0.627. The molecule has 0 spiro atoms. The first-order chi connectivity index (χ1) is 10.9. The normalized spacial score (nSPS) is 19.5. The smallest absolute Gasteiger partial charge is 0.341 e. The van der Waals surface area contributed by atoms with Gasteiger partial charge in [-0.15, -0.1) is 0 Å². The number of esters is 1. The molecule has 2 rings (SSSR count). The van der Waals surface area contributed by atoms with E-state index in [0.717, 1.165) is 24.0 Å². The molecule has 1 fully saturated rings. The van der Waals surface area contributed by atoms with Crippen molar-refractivity contribution >= 4 is 5.97 Å². The van der Waals surface area contributed by atoms with E-state index < -0.39 is 18.1 Å². The summed E-state index contributed by atoms with van der Waals surface area (Å²) in [6.07, 6.45) is -1.91. The Hall–Kier alpha value is -1.54. The Morgan fingerprint density at radius 3 is 2.91 bits per heavy atom. The number of aromatic nitrogens is 2. The molecule has 23 heavy (non-hydrogen) atoms. The second-order valence-electron chi connectivity index (χ2n) is 6.11. The van der Waals surface area contributed by atoms with Gasteiger partial charge in [-0.2, -0.15) is 5.10 Å². The van der Waals surface area contributed by atoms with Crippen molar-refractivity contribution in [3.05, 3.63) is 17.5 Å². The number of rotatable bonds is 6. The van der Waals surface area contributed by atoms with E-state index in [9.17, 15) is 13.6 Å². The fraction of sp³-hybridized carbons (Fsp3) is 0.733. The van der Waals surface area contributed by atoms with Crippen LogP contribution in [0.1, 0.15) is 36.3 Å². The highest BCUT2D eigenvalue weighted by molar-refractivity contribution is 5.90. The van der Waals surface area contributed by atoms with Gasteiger partial charge in [0.2, 0.25) is 0 Å². The molecule has 6 nitrogen and oxygen atoms in total. The first kappa shape index (κ1) is 17.8. The summed E-state index contributed by atoms with van der Waals surface area (Å²) in [5, 5.41) is 3.69. The molecule has 0 aromatic carbocycles. The van der Waals surface area contributed by atoms with Crippen LogP contribution in [0.15, 0.2) is 6.20 Å². The predicted molar refractivity (Wildman–Crippen MR) is 79.5 cm³/mol. The summed E-state index contributed by atoms with van der Waals surface area (Å²) in [7, 11) is 1.37. The molecule has 1 aromatic heterocycles. The van der Waals surface area contributed by atoms with Gasteiger partial charge in [0.1, 0.15) is 24.0 Å². The fourth-order valence-corrected chi connectivity index (χ4v) is 2.67. The molecule has 0 bridgehead atoms. The van der Waals surface area contributed by atoms with Gasteiger partial charge in [0.05, 0.1) is 12.8 Å². The molecule has 0 amide bonds. The Balaban J connectivity index is 1.89. The van der Waals surface area contributed by atoms with Gasteiger partial charge in [-0.1, -0.05) is 13.8 Å². The van der Waals surface area contributed by atoms with E-state index >= 15 is 0 Å². The van der Waals surface area contributed by atoms with Gasteiger partial charge in [-0.25, -0.2) is 13.6 Å². The third-order valence-electron chi connectivity index (χ3n) is 3.66. The van der Waals surface area contributed by atoms with Crippen LogP contribution in [0.3, 0.4) is 0 Å². The Labute approximate surface area is 134 Å². The van der Waals surface area contributed by atoms with Crippen LogP contribution in [0.5, 0.6) is 0 Å². The van der Waals surface area contributed by atoms with Crippen molar-refractivity contribution in [2.75, 3.05) is 32.8 Å². The van der Waals surface area contributed by atoms with Crippen LogP contribution < -0.4 is 0 Å². The van der Waals surface area contributed by atoms with E-state index in [1.54, 1.807) is 0 Å². The van der Waals surface area contributed by atoms with Crippen LogP contribution in [-0.2, 0) is 16.5 Å². The zero-order chi connectivity index (χ0) is 17.0. The van der Waals surface area contributed by atoms with Gasteiger partial charge in [-0.05, 0) is 5.92 Å². The van der Waals surface area contributed by atoms with Crippen LogP contribution in [-0.4, -0.2) is 59.6 Å². The minimum absolute atomic E-state index is 0.0466. The predicted octanol–water partition coefficient (Wildman–Crippen LogP) is 1.87. The summed E-state index contributed by atoms with van der Waals surface area (Å²) in [5.74, 6) is -0.252. The van der Waals surface area contributed by atoms with Crippen molar-refractivity contribution in [3.63, 3.8) is 0 Å². The lowest BCUT2D eigenvalue weighted by molar-refractivity contribution is -0.0613. The SMILES string of the molecule is CC(C)CN1CCO[C@H](COC(=O)c2cnn(C)c2C(F)F)C1. The highest BCUT2D eigenvalue weighted by Crippen LogP contribution is 2.22. The third kappa shape index (κ3) is 4.71. The number of hydrogen-bond acceptors (Lipinski definition) is 5. The third-order valence-corrected chi connectivity index (χ3v) is 3.66. The van der Waals surface area contributed by atoms with Gasteiger partial charge < -0.3 is 9.47 Å².